The van der Waals surface area contributed by atoms with Crippen LogP contribution in [0, 0.1) is 6.92 Å². The second kappa shape index (κ2) is 8.66. The predicted octanol–water partition coefficient (Wildman–Crippen LogP) is 5.77. The average Bonchev–Trinajstić information content (AvgIpc) is 3.07. The van der Waals surface area contributed by atoms with Crippen LogP contribution in [0.15, 0.2) is 82.9 Å². The third kappa shape index (κ3) is 3.96. The Morgan fingerprint density at radius 1 is 0.733 bits per heavy atom. The molecule has 2 heterocycles. The van der Waals surface area contributed by atoms with Crippen LogP contribution in [0.4, 0.5) is 11.4 Å². The molecule has 4 aromatic rings. The maximum absolute atomic E-state index is 5.21. The zero-order chi connectivity index (χ0) is 20.9. The lowest BCUT2D eigenvalue weighted by molar-refractivity contribution is 0.415. The van der Waals surface area contributed by atoms with Crippen LogP contribution in [-0.2, 0) is 0 Å². The molecule has 0 N–H and O–H groups in total. The molecule has 0 unspecified atom stereocenters. The monoisotopic (exact) mass is 397 g/mol. The van der Waals surface area contributed by atoms with Crippen LogP contribution in [0.1, 0.15) is 16.8 Å². The van der Waals surface area contributed by atoms with E-state index in [1.807, 2.05) is 79.3 Å². The molecule has 0 spiro atoms. The van der Waals surface area contributed by atoms with E-state index in [2.05, 4.69) is 27.4 Å². The zero-order valence-electron chi connectivity index (χ0n) is 17.2. The standard InChI is InChI=1S/C25H23N3O2/c1-18-23(16-26-19-7-11-21(29-2)12-8-19)24-6-4-5-15-28(24)25(18)17-27-20-9-13-22(30-3)14-10-20/h4-17H,1-3H3. The number of ether oxygens (including phenoxy) is 2. The molecule has 2 aromatic heterocycles. The van der Waals surface area contributed by atoms with Crippen molar-refractivity contribution >= 4 is 29.3 Å². The molecule has 5 heteroatoms. The molecule has 0 radical (unpaired) electrons. The first-order valence-electron chi connectivity index (χ1n) is 9.65. The Kier molecular flexibility index (Phi) is 5.61. The van der Waals surface area contributed by atoms with Gasteiger partial charge in [-0.05, 0) is 73.2 Å². The van der Waals surface area contributed by atoms with Crippen LogP contribution in [0.3, 0.4) is 0 Å². The summed E-state index contributed by atoms with van der Waals surface area (Å²) in [6.45, 7) is 2.09. The van der Waals surface area contributed by atoms with Gasteiger partial charge in [0.1, 0.15) is 11.5 Å². The van der Waals surface area contributed by atoms with Gasteiger partial charge in [0, 0.05) is 18.0 Å². The van der Waals surface area contributed by atoms with Gasteiger partial charge in [0.25, 0.3) is 0 Å². The number of pyridine rings is 1. The summed E-state index contributed by atoms with van der Waals surface area (Å²) >= 11 is 0. The normalized spacial score (nSPS) is 11.6. The number of methoxy groups -OCH3 is 2. The SMILES string of the molecule is COc1ccc(N=Cc2c(C)c(C=Nc3ccc(OC)cc3)n3ccccc23)cc1. The third-order valence-electron chi connectivity index (χ3n) is 5.01. The van der Waals surface area contributed by atoms with Crippen molar-refractivity contribution < 1.29 is 9.47 Å². The molecule has 0 bridgehead atoms. The van der Waals surface area contributed by atoms with E-state index in [1.54, 1.807) is 14.2 Å². The first-order valence-corrected chi connectivity index (χ1v) is 9.65. The fourth-order valence-electron chi connectivity index (χ4n) is 3.32. The van der Waals surface area contributed by atoms with Crippen molar-refractivity contribution in [2.24, 2.45) is 9.98 Å². The van der Waals surface area contributed by atoms with Crippen molar-refractivity contribution in [2.45, 2.75) is 6.92 Å². The number of aliphatic imine (C=N–C) groups is 2. The molecule has 0 aliphatic rings. The summed E-state index contributed by atoms with van der Waals surface area (Å²) in [5.74, 6) is 1.63. The first-order chi connectivity index (χ1) is 14.7. The lowest BCUT2D eigenvalue weighted by atomic mass is 10.1. The minimum absolute atomic E-state index is 0.815. The maximum Gasteiger partial charge on any atom is 0.119 e. The molecule has 2 aromatic carbocycles. The van der Waals surface area contributed by atoms with Gasteiger partial charge >= 0.3 is 0 Å². The first kappa shape index (κ1) is 19.5. The van der Waals surface area contributed by atoms with E-state index in [9.17, 15) is 0 Å². The van der Waals surface area contributed by atoms with Crippen molar-refractivity contribution in [2.75, 3.05) is 14.2 Å². The maximum atomic E-state index is 5.21. The highest BCUT2D eigenvalue weighted by atomic mass is 16.5. The van der Waals surface area contributed by atoms with Crippen molar-refractivity contribution in [3.8, 4) is 11.5 Å². The van der Waals surface area contributed by atoms with Crippen LogP contribution in [0.25, 0.3) is 5.52 Å². The van der Waals surface area contributed by atoms with Crippen molar-refractivity contribution in [3.05, 3.63) is 89.7 Å². The lowest BCUT2D eigenvalue weighted by Gasteiger charge is -2.00. The third-order valence-corrected chi connectivity index (χ3v) is 5.01. The Morgan fingerprint density at radius 3 is 1.87 bits per heavy atom. The number of benzene rings is 2. The highest BCUT2D eigenvalue weighted by Gasteiger charge is 2.12. The second-order valence-corrected chi connectivity index (χ2v) is 6.79. The van der Waals surface area contributed by atoms with Gasteiger partial charge < -0.3 is 13.9 Å². The average molecular weight is 397 g/mol. The number of nitrogens with zero attached hydrogens (tertiary/aromatic N) is 3. The van der Waals surface area contributed by atoms with E-state index >= 15 is 0 Å². The van der Waals surface area contributed by atoms with Gasteiger partial charge in [-0.15, -0.1) is 0 Å². The lowest BCUT2D eigenvalue weighted by Crippen LogP contribution is -1.91. The van der Waals surface area contributed by atoms with Gasteiger partial charge in [-0.2, -0.15) is 0 Å². The van der Waals surface area contributed by atoms with E-state index in [-0.39, 0.29) is 0 Å². The van der Waals surface area contributed by atoms with E-state index < -0.39 is 0 Å². The fraction of sp³-hybridized carbons (Fsp3) is 0.120. The van der Waals surface area contributed by atoms with Gasteiger partial charge in [0.05, 0.1) is 43.0 Å². The molecule has 30 heavy (non-hydrogen) atoms. The molecule has 5 nitrogen and oxygen atoms in total. The van der Waals surface area contributed by atoms with E-state index in [0.717, 1.165) is 45.2 Å². The number of rotatable bonds is 6. The summed E-state index contributed by atoms with van der Waals surface area (Å²) < 4.78 is 12.6. The van der Waals surface area contributed by atoms with Crippen molar-refractivity contribution in [3.63, 3.8) is 0 Å². The molecule has 0 aliphatic carbocycles. The van der Waals surface area contributed by atoms with E-state index in [1.165, 1.54) is 0 Å². The smallest absolute Gasteiger partial charge is 0.119 e. The van der Waals surface area contributed by atoms with E-state index in [4.69, 9.17) is 9.47 Å². The van der Waals surface area contributed by atoms with Gasteiger partial charge in [0.15, 0.2) is 0 Å². The molecule has 0 fully saturated rings. The highest BCUT2D eigenvalue weighted by Crippen LogP contribution is 2.24. The minimum Gasteiger partial charge on any atom is -0.497 e. The van der Waals surface area contributed by atoms with Crippen LogP contribution >= 0.6 is 0 Å². The molecule has 0 saturated heterocycles. The molecule has 0 aliphatic heterocycles. The van der Waals surface area contributed by atoms with Crippen LogP contribution in [0.5, 0.6) is 11.5 Å². The zero-order valence-corrected chi connectivity index (χ0v) is 17.2. The molecule has 150 valence electrons. The summed E-state index contributed by atoms with van der Waals surface area (Å²) in [6, 6.07) is 21.5. The molecular weight excluding hydrogens is 374 g/mol. The second-order valence-electron chi connectivity index (χ2n) is 6.79. The molecule has 0 atom stereocenters. The van der Waals surface area contributed by atoms with Crippen LogP contribution in [-0.4, -0.2) is 31.0 Å². The van der Waals surface area contributed by atoms with E-state index in [0.29, 0.717) is 0 Å². The number of hydrogen-bond acceptors (Lipinski definition) is 4. The summed E-state index contributed by atoms with van der Waals surface area (Å²) in [4.78, 5) is 9.32. The topological polar surface area (TPSA) is 47.6 Å². The van der Waals surface area contributed by atoms with Gasteiger partial charge in [-0.1, -0.05) is 6.07 Å². The number of hydrogen-bond donors (Lipinski definition) is 0. The summed E-state index contributed by atoms with van der Waals surface area (Å²) in [6.07, 6.45) is 5.86. The minimum atomic E-state index is 0.815. The largest absolute Gasteiger partial charge is 0.497 e. The molecule has 0 saturated carbocycles. The molecule has 4 rings (SSSR count). The van der Waals surface area contributed by atoms with Crippen LogP contribution in [0.2, 0.25) is 0 Å². The number of fused-ring (bicyclic) bond motifs is 1. The van der Waals surface area contributed by atoms with Crippen molar-refractivity contribution in [1.82, 2.24) is 4.40 Å². The number of aromatic nitrogens is 1. The van der Waals surface area contributed by atoms with Crippen LogP contribution < -0.4 is 9.47 Å². The summed E-state index contributed by atoms with van der Waals surface area (Å²) in [7, 11) is 3.31. The fourth-order valence-corrected chi connectivity index (χ4v) is 3.32. The Labute approximate surface area is 176 Å². The molecular formula is C25H23N3O2. The Bertz CT molecular complexity index is 1110. The van der Waals surface area contributed by atoms with Crippen molar-refractivity contribution in [1.29, 1.82) is 0 Å². The highest BCUT2D eigenvalue weighted by molar-refractivity contribution is 5.98. The van der Waals surface area contributed by atoms with Gasteiger partial charge in [-0.25, -0.2) is 0 Å². The Hall–Kier alpha value is -3.86. The summed E-state index contributed by atoms with van der Waals surface area (Å²) in [5.41, 5.74) is 6.05. The quantitative estimate of drug-likeness (QED) is 0.388. The predicted molar refractivity (Wildman–Crippen MR) is 123 cm³/mol. The summed E-state index contributed by atoms with van der Waals surface area (Å²) in [5, 5.41) is 0. The molecule has 0 amide bonds. The van der Waals surface area contributed by atoms with Gasteiger partial charge in [-0.3, -0.25) is 9.98 Å². The Morgan fingerprint density at radius 2 is 1.30 bits per heavy atom. The Balaban J connectivity index is 1.69. The van der Waals surface area contributed by atoms with Gasteiger partial charge in [0.2, 0.25) is 0 Å².